The lowest BCUT2D eigenvalue weighted by Gasteiger charge is -2.22. The van der Waals surface area contributed by atoms with Crippen molar-refractivity contribution in [2.45, 2.75) is 57.0 Å². The van der Waals surface area contributed by atoms with E-state index in [1.54, 1.807) is 19.1 Å². The molecule has 186 valence electrons. The molecule has 3 rings (SSSR count). The van der Waals surface area contributed by atoms with Crippen LogP contribution in [-0.4, -0.2) is 33.0 Å². The summed E-state index contributed by atoms with van der Waals surface area (Å²) in [6.45, 7) is 6.10. The zero-order valence-corrected chi connectivity index (χ0v) is 21.3. The van der Waals surface area contributed by atoms with Gasteiger partial charge in [-0.25, -0.2) is 8.42 Å². The molecule has 3 aromatic rings. The summed E-state index contributed by atoms with van der Waals surface area (Å²) in [7, 11) is -3.94. The fourth-order valence-electron chi connectivity index (χ4n) is 3.84. The van der Waals surface area contributed by atoms with Gasteiger partial charge in [-0.3, -0.25) is 4.79 Å². The Hall–Kier alpha value is -3.16. The van der Waals surface area contributed by atoms with Crippen LogP contribution < -0.4 is 14.8 Å². The molecule has 0 saturated carbocycles. The molecule has 0 saturated heterocycles. The summed E-state index contributed by atoms with van der Waals surface area (Å²) in [5.41, 5.74) is 2.78. The van der Waals surface area contributed by atoms with Crippen LogP contribution >= 0.6 is 0 Å². The second kappa shape index (κ2) is 12.5. The first-order chi connectivity index (χ1) is 16.8. The van der Waals surface area contributed by atoms with Gasteiger partial charge in [-0.15, -0.1) is 0 Å². The summed E-state index contributed by atoms with van der Waals surface area (Å²) in [6, 6.07) is 23.1. The lowest BCUT2D eigenvalue weighted by atomic mass is 10.0. The van der Waals surface area contributed by atoms with Crippen molar-refractivity contribution in [3.8, 4) is 5.75 Å². The molecule has 3 aromatic carbocycles. The Morgan fingerprint density at radius 3 is 2.17 bits per heavy atom. The van der Waals surface area contributed by atoms with Gasteiger partial charge in [0.15, 0.2) is 0 Å². The van der Waals surface area contributed by atoms with E-state index in [4.69, 9.17) is 4.74 Å². The molecule has 1 amide bonds. The van der Waals surface area contributed by atoms with Crippen LogP contribution in [-0.2, 0) is 27.7 Å². The number of sulfonamides is 1. The fraction of sp³-hybridized carbons (Fsp3) is 0.321. The van der Waals surface area contributed by atoms with Crippen molar-refractivity contribution < 1.29 is 17.9 Å². The van der Waals surface area contributed by atoms with E-state index >= 15 is 0 Å². The summed E-state index contributed by atoms with van der Waals surface area (Å²) in [5, 5.41) is 3.00. The minimum atomic E-state index is -3.94. The quantitative estimate of drug-likeness (QED) is 0.390. The van der Waals surface area contributed by atoms with Crippen molar-refractivity contribution in [3.05, 3.63) is 95.6 Å². The molecule has 0 bridgehead atoms. The molecule has 0 spiro atoms. The van der Waals surface area contributed by atoms with Gasteiger partial charge >= 0.3 is 0 Å². The Labute approximate surface area is 208 Å². The number of hydrogen-bond acceptors (Lipinski definition) is 4. The topological polar surface area (TPSA) is 84.5 Å². The highest BCUT2D eigenvalue weighted by Gasteiger charge is 2.27. The second-order valence-corrected chi connectivity index (χ2v) is 10.4. The molecule has 0 fully saturated rings. The van der Waals surface area contributed by atoms with E-state index in [1.807, 2.05) is 62.4 Å². The predicted molar refractivity (Wildman–Crippen MR) is 139 cm³/mol. The van der Waals surface area contributed by atoms with Gasteiger partial charge in [0.25, 0.3) is 0 Å². The van der Waals surface area contributed by atoms with Gasteiger partial charge in [0, 0.05) is 6.04 Å². The maximum Gasteiger partial charge on any atom is 0.241 e. The van der Waals surface area contributed by atoms with E-state index in [0.29, 0.717) is 17.9 Å². The van der Waals surface area contributed by atoms with E-state index in [1.165, 1.54) is 11.6 Å². The second-order valence-electron chi connectivity index (χ2n) is 8.66. The number of hydrogen-bond donors (Lipinski definition) is 2. The van der Waals surface area contributed by atoms with Crippen LogP contribution in [0.25, 0.3) is 0 Å². The maximum atomic E-state index is 13.2. The molecular weight excluding hydrogens is 460 g/mol. The SMILES string of the molecule is CCOc1ccc(S(=O)(=O)N[C@@H](Cc2ccccc2)C(=O)N[C@@H](C)CCc2ccccc2)cc1C. The molecule has 0 aromatic heterocycles. The van der Waals surface area contributed by atoms with Gasteiger partial charge in [-0.05, 0) is 74.9 Å². The first-order valence-corrected chi connectivity index (χ1v) is 13.4. The number of ether oxygens (including phenoxy) is 1. The summed E-state index contributed by atoms with van der Waals surface area (Å²) in [5.74, 6) is 0.290. The summed E-state index contributed by atoms with van der Waals surface area (Å²) in [4.78, 5) is 13.3. The van der Waals surface area contributed by atoms with Gasteiger partial charge in [-0.1, -0.05) is 60.7 Å². The Balaban J connectivity index is 1.74. The summed E-state index contributed by atoms with van der Waals surface area (Å²) >= 11 is 0. The van der Waals surface area contributed by atoms with Crippen molar-refractivity contribution >= 4 is 15.9 Å². The van der Waals surface area contributed by atoms with E-state index in [2.05, 4.69) is 22.2 Å². The molecule has 0 aliphatic rings. The third-order valence-corrected chi connectivity index (χ3v) is 7.22. The van der Waals surface area contributed by atoms with Gasteiger partial charge in [0.2, 0.25) is 15.9 Å². The van der Waals surface area contributed by atoms with Gasteiger partial charge < -0.3 is 10.1 Å². The number of aryl methyl sites for hydroxylation is 2. The van der Waals surface area contributed by atoms with Crippen molar-refractivity contribution in [1.29, 1.82) is 0 Å². The van der Waals surface area contributed by atoms with Crippen LogP contribution in [0, 0.1) is 6.92 Å². The average Bonchev–Trinajstić information content (AvgIpc) is 2.85. The minimum absolute atomic E-state index is 0.0986. The van der Waals surface area contributed by atoms with Crippen LogP contribution in [0.2, 0.25) is 0 Å². The van der Waals surface area contributed by atoms with Gasteiger partial charge in [0.1, 0.15) is 11.8 Å². The molecule has 0 aliphatic heterocycles. The third-order valence-electron chi connectivity index (χ3n) is 5.75. The lowest BCUT2D eigenvalue weighted by molar-refractivity contribution is -0.123. The van der Waals surface area contributed by atoms with Crippen LogP contribution in [0.1, 0.15) is 37.0 Å². The molecular formula is C28H34N2O4S. The highest BCUT2D eigenvalue weighted by Crippen LogP contribution is 2.22. The molecule has 0 unspecified atom stereocenters. The monoisotopic (exact) mass is 494 g/mol. The van der Waals surface area contributed by atoms with Crippen LogP contribution in [0.15, 0.2) is 83.8 Å². The molecule has 2 atom stereocenters. The standard InChI is InChI=1S/C28H34N2O4S/c1-4-34-27-18-17-25(19-21(27)2)35(32,33)30-26(20-24-13-9-6-10-14-24)28(31)29-22(3)15-16-23-11-7-5-8-12-23/h5-14,17-19,22,26,30H,4,15-16,20H2,1-3H3,(H,29,31)/t22-,26-/m0/s1. The number of carbonyl (C=O) groups is 1. The number of rotatable bonds is 12. The zero-order valence-electron chi connectivity index (χ0n) is 20.5. The van der Waals surface area contributed by atoms with E-state index in [-0.39, 0.29) is 23.3 Å². The Kier molecular flexibility index (Phi) is 9.46. The largest absolute Gasteiger partial charge is 0.494 e. The first-order valence-electron chi connectivity index (χ1n) is 11.9. The molecule has 0 radical (unpaired) electrons. The minimum Gasteiger partial charge on any atom is -0.494 e. The van der Waals surface area contributed by atoms with Gasteiger partial charge in [-0.2, -0.15) is 4.72 Å². The number of benzene rings is 3. The van der Waals surface area contributed by atoms with E-state index < -0.39 is 16.1 Å². The number of nitrogens with one attached hydrogen (secondary N) is 2. The Bertz CT molecular complexity index is 1200. The Morgan fingerprint density at radius 2 is 1.57 bits per heavy atom. The number of carbonyl (C=O) groups excluding carboxylic acids is 1. The van der Waals surface area contributed by atoms with Crippen molar-refractivity contribution in [3.63, 3.8) is 0 Å². The molecule has 6 nitrogen and oxygen atoms in total. The van der Waals surface area contributed by atoms with Crippen molar-refractivity contribution in [2.75, 3.05) is 6.61 Å². The van der Waals surface area contributed by atoms with Crippen LogP contribution in [0.4, 0.5) is 0 Å². The number of amides is 1. The summed E-state index contributed by atoms with van der Waals surface area (Å²) < 4.78 is 34.6. The third kappa shape index (κ3) is 7.94. The smallest absolute Gasteiger partial charge is 0.241 e. The molecule has 7 heteroatoms. The van der Waals surface area contributed by atoms with E-state index in [9.17, 15) is 13.2 Å². The molecule has 0 heterocycles. The zero-order chi connectivity index (χ0) is 25.3. The van der Waals surface area contributed by atoms with Crippen molar-refractivity contribution in [2.24, 2.45) is 0 Å². The molecule has 2 N–H and O–H groups in total. The highest BCUT2D eigenvalue weighted by molar-refractivity contribution is 7.89. The average molecular weight is 495 g/mol. The van der Waals surface area contributed by atoms with Crippen LogP contribution in [0.5, 0.6) is 5.75 Å². The Morgan fingerprint density at radius 1 is 0.943 bits per heavy atom. The lowest BCUT2D eigenvalue weighted by Crippen LogP contribution is -2.50. The van der Waals surface area contributed by atoms with E-state index in [0.717, 1.165) is 18.4 Å². The first kappa shape index (κ1) is 26.4. The maximum absolute atomic E-state index is 13.2. The molecule has 35 heavy (non-hydrogen) atoms. The van der Waals surface area contributed by atoms with Gasteiger partial charge in [0.05, 0.1) is 11.5 Å². The normalized spacial score (nSPS) is 13.1. The predicted octanol–water partition coefficient (Wildman–Crippen LogP) is 4.42. The highest BCUT2D eigenvalue weighted by atomic mass is 32.2. The fourth-order valence-corrected chi connectivity index (χ4v) is 5.12. The van der Waals surface area contributed by atoms with Crippen molar-refractivity contribution in [1.82, 2.24) is 10.0 Å². The molecule has 0 aliphatic carbocycles. The van der Waals surface area contributed by atoms with Crippen LogP contribution in [0.3, 0.4) is 0 Å². The summed E-state index contributed by atoms with van der Waals surface area (Å²) in [6.07, 6.45) is 1.81.